The van der Waals surface area contributed by atoms with Crippen molar-refractivity contribution in [3.05, 3.63) is 106 Å². The number of nitrogens with zero attached hydrogens (tertiary/aromatic N) is 1. The van der Waals surface area contributed by atoms with E-state index < -0.39 is 5.92 Å². The highest BCUT2D eigenvalue weighted by Gasteiger charge is 2.29. The molecule has 3 N–H and O–H groups in total. The van der Waals surface area contributed by atoms with E-state index in [9.17, 15) is 14.7 Å². The number of thiophene rings is 1. The minimum Gasteiger partial charge on any atom is -0.508 e. The Morgan fingerprint density at radius 2 is 1.88 bits per heavy atom. The van der Waals surface area contributed by atoms with Crippen LogP contribution >= 0.6 is 11.3 Å². The molecule has 0 bridgehead atoms. The molecule has 1 atom stereocenters. The fraction of sp³-hybridized carbons (Fsp3) is 0.0741. The smallest absolute Gasteiger partial charge is 0.265 e. The Kier molecular flexibility index (Phi) is 5.93. The second kappa shape index (κ2) is 9.33. The number of carbonyl (C=O) groups is 2. The molecule has 168 valence electrons. The molecule has 34 heavy (non-hydrogen) atoms. The predicted octanol–water partition coefficient (Wildman–Crippen LogP) is 5.74. The lowest BCUT2D eigenvalue weighted by Crippen LogP contribution is -2.12. The molecule has 6 nitrogen and oxygen atoms in total. The van der Waals surface area contributed by atoms with Crippen molar-refractivity contribution >= 4 is 46.4 Å². The van der Waals surface area contributed by atoms with E-state index in [1.54, 1.807) is 36.5 Å². The summed E-state index contributed by atoms with van der Waals surface area (Å²) in [7, 11) is 0. The molecule has 1 aliphatic heterocycles. The third kappa shape index (κ3) is 4.74. The molecule has 1 unspecified atom stereocenters. The van der Waals surface area contributed by atoms with Crippen LogP contribution in [0.4, 0.5) is 17.1 Å². The summed E-state index contributed by atoms with van der Waals surface area (Å²) < 4.78 is 0. The number of benzene rings is 3. The molecule has 0 saturated carbocycles. The van der Waals surface area contributed by atoms with E-state index in [0.717, 1.165) is 28.1 Å². The van der Waals surface area contributed by atoms with Gasteiger partial charge in [0.2, 0.25) is 5.91 Å². The summed E-state index contributed by atoms with van der Waals surface area (Å²) in [4.78, 5) is 30.0. The third-order valence-corrected chi connectivity index (χ3v) is 6.40. The van der Waals surface area contributed by atoms with Crippen LogP contribution < -0.4 is 10.6 Å². The summed E-state index contributed by atoms with van der Waals surface area (Å²) in [6.07, 6.45) is 2.26. The number of phenolic OH excluding ortho intramolecular Hbond substituents is 1. The highest BCUT2D eigenvalue weighted by molar-refractivity contribution is 7.12. The quantitative estimate of drug-likeness (QED) is 0.316. The average Bonchev–Trinajstić information content (AvgIpc) is 3.46. The largest absolute Gasteiger partial charge is 0.508 e. The third-order valence-electron chi connectivity index (χ3n) is 5.53. The van der Waals surface area contributed by atoms with E-state index >= 15 is 0 Å². The molecular weight excluding hydrogens is 446 g/mol. The van der Waals surface area contributed by atoms with Crippen LogP contribution in [-0.2, 0) is 11.2 Å². The number of phenols is 1. The first-order valence-corrected chi connectivity index (χ1v) is 11.6. The number of anilines is 2. The molecule has 0 radical (unpaired) electrons. The fourth-order valence-electron chi connectivity index (χ4n) is 3.92. The van der Waals surface area contributed by atoms with Gasteiger partial charge in [-0.2, -0.15) is 0 Å². The van der Waals surface area contributed by atoms with Gasteiger partial charge < -0.3 is 15.7 Å². The van der Waals surface area contributed by atoms with Crippen molar-refractivity contribution in [1.82, 2.24) is 0 Å². The monoisotopic (exact) mass is 467 g/mol. The van der Waals surface area contributed by atoms with Crippen LogP contribution in [0.5, 0.6) is 5.75 Å². The number of carbonyl (C=O) groups excluding carboxylic acids is 2. The van der Waals surface area contributed by atoms with Gasteiger partial charge in [0.05, 0.1) is 10.6 Å². The Hall–Kier alpha value is -4.23. The highest BCUT2D eigenvalue weighted by Crippen LogP contribution is 2.33. The van der Waals surface area contributed by atoms with Crippen LogP contribution in [0.15, 0.2) is 89.2 Å². The van der Waals surface area contributed by atoms with E-state index in [2.05, 4.69) is 15.6 Å². The molecule has 5 rings (SSSR count). The molecule has 2 heterocycles. The maximum absolute atomic E-state index is 12.5. The van der Waals surface area contributed by atoms with Gasteiger partial charge in [0.1, 0.15) is 11.7 Å². The lowest BCUT2D eigenvalue weighted by Gasteiger charge is -2.09. The van der Waals surface area contributed by atoms with Gasteiger partial charge in [-0.3, -0.25) is 14.6 Å². The Morgan fingerprint density at radius 1 is 1.03 bits per heavy atom. The minimum atomic E-state index is -0.506. The van der Waals surface area contributed by atoms with Gasteiger partial charge >= 0.3 is 0 Å². The molecule has 3 aromatic carbocycles. The zero-order valence-corrected chi connectivity index (χ0v) is 18.9. The predicted molar refractivity (Wildman–Crippen MR) is 136 cm³/mol. The molecular formula is C27H21N3O3S. The molecule has 1 aliphatic rings. The first-order chi connectivity index (χ1) is 16.5. The van der Waals surface area contributed by atoms with E-state index in [4.69, 9.17) is 0 Å². The normalized spacial score (nSPS) is 14.7. The number of hydrogen-bond donors (Lipinski definition) is 3. The number of amides is 2. The summed E-state index contributed by atoms with van der Waals surface area (Å²) >= 11 is 1.40. The zero-order valence-electron chi connectivity index (χ0n) is 18.1. The van der Waals surface area contributed by atoms with Crippen molar-refractivity contribution in [3.8, 4) is 5.75 Å². The first kappa shape index (κ1) is 21.6. The van der Waals surface area contributed by atoms with Gasteiger partial charge in [0.25, 0.3) is 5.91 Å². The molecule has 0 saturated heterocycles. The SMILES string of the molecule is O=C(Nc1cccc(Cc2ccc3c(c2)C(C=Nc2cccc(O)c2)C(=O)N3)c1)c1cccs1. The molecule has 2 amide bonds. The van der Waals surface area contributed by atoms with E-state index in [-0.39, 0.29) is 17.6 Å². The number of fused-ring (bicyclic) bond motifs is 1. The number of nitrogens with one attached hydrogen (secondary N) is 2. The van der Waals surface area contributed by atoms with Gasteiger partial charge in [-0.05, 0) is 64.9 Å². The summed E-state index contributed by atoms with van der Waals surface area (Å²) in [6, 6.07) is 23.9. The number of hydrogen-bond acceptors (Lipinski definition) is 5. The van der Waals surface area contributed by atoms with Crippen molar-refractivity contribution in [2.75, 3.05) is 10.6 Å². The Balaban J connectivity index is 1.34. The van der Waals surface area contributed by atoms with Crippen molar-refractivity contribution in [2.45, 2.75) is 12.3 Å². The number of aliphatic imine (C=N–C) groups is 1. The van der Waals surface area contributed by atoms with Gasteiger partial charge in [0.15, 0.2) is 0 Å². The van der Waals surface area contributed by atoms with Crippen LogP contribution in [0.2, 0.25) is 0 Å². The van der Waals surface area contributed by atoms with E-state index in [1.807, 2.05) is 53.9 Å². The fourth-order valence-corrected chi connectivity index (χ4v) is 4.54. The van der Waals surface area contributed by atoms with Crippen molar-refractivity contribution in [1.29, 1.82) is 0 Å². The molecule has 0 spiro atoms. The Morgan fingerprint density at radius 3 is 2.71 bits per heavy atom. The first-order valence-electron chi connectivity index (χ1n) is 10.8. The van der Waals surface area contributed by atoms with Gasteiger partial charge in [-0.1, -0.05) is 36.4 Å². The molecule has 1 aromatic heterocycles. The second-order valence-electron chi connectivity index (χ2n) is 8.00. The maximum Gasteiger partial charge on any atom is 0.265 e. The van der Waals surface area contributed by atoms with Crippen molar-refractivity contribution < 1.29 is 14.7 Å². The van der Waals surface area contributed by atoms with Crippen molar-refractivity contribution in [2.24, 2.45) is 4.99 Å². The van der Waals surface area contributed by atoms with Gasteiger partial charge in [-0.25, -0.2) is 0 Å². The summed E-state index contributed by atoms with van der Waals surface area (Å²) in [5.41, 5.74) is 5.06. The molecule has 0 fully saturated rings. The molecule has 7 heteroatoms. The number of rotatable bonds is 6. The summed E-state index contributed by atoms with van der Waals surface area (Å²) in [6.45, 7) is 0. The van der Waals surface area contributed by atoms with Gasteiger partial charge in [-0.15, -0.1) is 11.3 Å². The van der Waals surface area contributed by atoms with Crippen LogP contribution in [0.25, 0.3) is 0 Å². The van der Waals surface area contributed by atoms with Gasteiger partial charge in [0, 0.05) is 23.7 Å². The van der Waals surface area contributed by atoms with E-state index in [1.165, 1.54) is 11.3 Å². The Bertz CT molecular complexity index is 1400. The summed E-state index contributed by atoms with van der Waals surface area (Å²) in [5, 5.41) is 17.4. The maximum atomic E-state index is 12.5. The molecule has 0 aliphatic carbocycles. The second-order valence-corrected chi connectivity index (χ2v) is 8.94. The van der Waals surface area contributed by atoms with Crippen molar-refractivity contribution in [3.63, 3.8) is 0 Å². The van der Waals surface area contributed by atoms with Crippen LogP contribution in [0, 0.1) is 0 Å². The van der Waals surface area contributed by atoms with Crippen LogP contribution in [0.1, 0.15) is 32.3 Å². The Labute approximate surface area is 200 Å². The highest BCUT2D eigenvalue weighted by atomic mass is 32.1. The average molecular weight is 468 g/mol. The topological polar surface area (TPSA) is 90.8 Å². The molecule has 4 aromatic rings. The summed E-state index contributed by atoms with van der Waals surface area (Å²) in [5.74, 6) is -0.631. The minimum absolute atomic E-state index is 0.122. The lowest BCUT2D eigenvalue weighted by atomic mass is 9.96. The lowest BCUT2D eigenvalue weighted by molar-refractivity contribution is -0.115. The van der Waals surface area contributed by atoms with E-state index in [0.29, 0.717) is 17.0 Å². The zero-order chi connectivity index (χ0) is 23.5. The van der Waals surface area contributed by atoms with Crippen LogP contribution in [0.3, 0.4) is 0 Å². The number of aromatic hydroxyl groups is 1. The van der Waals surface area contributed by atoms with Crippen LogP contribution in [-0.4, -0.2) is 23.1 Å². The standard InChI is InChI=1S/C27H21N3O3S/c31-21-7-2-5-19(15-21)28-16-23-22-14-18(9-10-24(22)30-26(23)32)12-17-4-1-6-20(13-17)29-27(33)25-8-3-11-34-25/h1-11,13-16,23,31H,12H2,(H,29,33)(H,30,32).